The summed E-state index contributed by atoms with van der Waals surface area (Å²) in [5, 5.41) is 8.27. The number of nitrogens with one attached hydrogen (secondary N) is 2. The molecular weight excluding hydrogens is 368 g/mol. The molecule has 7 heteroatoms. The van der Waals surface area contributed by atoms with Gasteiger partial charge in [0, 0.05) is 18.1 Å². The van der Waals surface area contributed by atoms with Crippen LogP contribution in [0.2, 0.25) is 5.02 Å². The van der Waals surface area contributed by atoms with E-state index in [1.807, 2.05) is 42.5 Å². The zero-order valence-corrected chi connectivity index (χ0v) is 15.5. The number of piperidine rings is 1. The predicted molar refractivity (Wildman–Crippen MR) is 108 cm³/mol. The lowest BCUT2D eigenvalue weighted by Gasteiger charge is -2.44. The minimum Gasteiger partial charge on any atom is -0.369 e. The molecule has 0 aliphatic carbocycles. The highest BCUT2D eigenvalue weighted by atomic mass is 35.5. The van der Waals surface area contributed by atoms with Crippen LogP contribution in [0.25, 0.3) is 10.2 Å². The lowest BCUT2D eigenvalue weighted by atomic mass is 9.84. The molecule has 132 valence electrons. The molecule has 2 aliphatic heterocycles. The van der Waals surface area contributed by atoms with Crippen molar-refractivity contribution >= 4 is 55.6 Å². The first-order valence-electron chi connectivity index (χ1n) is 8.63. The van der Waals surface area contributed by atoms with Gasteiger partial charge in [-0.2, -0.15) is 0 Å². The van der Waals surface area contributed by atoms with Crippen LogP contribution in [0.1, 0.15) is 12.8 Å². The monoisotopic (exact) mass is 384 g/mol. The van der Waals surface area contributed by atoms with Crippen molar-refractivity contribution in [3.05, 3.63) is 47.5 Å². The Kier molecular flexibility index (Phi) is 3.58. The molecule has 2 N–H and O–H groups in total. The molecule has 1 spiro atoms. The van der Waals surface area contributed by atoms with Crippen LogP contribution in [0.15, 0.2) is 42.5 Å². The van der Waals surface area contributed by atoms with E-state index in [4.69, 9.17) is 16.6 Å². The van der Waals surface area contributed by atoms with Crippen molar-refractivity contribution in [2.75, 3.05) is 28.6 Å². The number of amides is 1. The molecule has 0 saturated carbocycles. The van der Waals surface area contributed by atoms with Crippen LogP contribution in [0.4, 0.5) is 16.5 Å². The Bertz CT molecular complexity index is 1010. The summed E-state index contributed by atoms with van der Waals surface area (Å²) in [7, 11) is 0. The van der Waals surface area contributed by atoms with E-state index in [0.717, 1.165) is 57.7 Å². The van der Waals surface area contributed by atoms with E-state index < -0.39 is 5.54 Å². The first kappa shape index (κ1) is 15.9. The molecule has 0 bridgehead atoms. The second-order valence-electron chi connectivity index (χ2n) is 6.80. The highest BCUT2D eigenvalue weighted by Crippen LogP contribution is 2.38. The van der Waals surface area contributed by atoms with Crippen molar-refractivity contribution in [3.63, 3.8) is 0 Å². The molecule has 5 rings (SSSR count). The number of nitrogens with zero attached hydrogens (tertiary/aromatic N) is 2. The van der Waals surface area contributed by atoms with Crippen LogP contribution < -0.4 is 15.5 Å². The number of benzene rings is 2. The van der Waals surface area contributed by atoms with Crippen LogP contribution in [0.3, 0.4) is 0 Å². The van der Waals surface area contributed by atoms with Crippen LogP contribution in [-0.2, 0) is 4.79 Å². The smallest absolute Gasteiger partial charge is 0.250 e. The summed E-state index contributed by atoms with van der Waals surface area (Å²) in [6.45, 7) is 1.58. The van der Waals surface area contributed by atoms with Gasteiger partial charge < -0.3 is 15.5 Å². The summed E-state index contributed by atoms with van der Waals surface area (Å²) in [4.78, 5) is 19.7. The van der Waals surface area contributed by atoms with E-state index in [0.29, 0.717) is 0 Å². The molecule has 1 aromatic heterocycles. The molecule has 2 aromatic carbocycles. The Hall–Kier alpha value is -2.31. The quantitative estimate of drug-likeness (QED) is 0.654. The van der Waals surface area contributed by atoms with Gasteiger partial charge in [-0.15, -0.1) is 0 Å². The van der Waals surface area contributed by atoms with E-state index in [-0.39, 0.29) is 5.91 Å². The van der Waals surface area contributed by atoms with Crippen molar-refractivity contribution < 1.29 is 4.79 Å². The van der Waals surface area contributed by atoms with Crippen molar-refractivity contribution in [2.45, 2.75) is 18.4 Å². The molecule has 0 unspecified atom stereocenters. The van der Waals surface area contributed by atoms with Gasteiger partial charge in [0.25, 0.3) is 0 Å². The highest BCUT2D eigenvalue weighted by molar-refractivity contribution is 7.22. The Morgan fingerprint density at radius 1 is 1.12 bits per heavy atom. The fourth-order valence-corrected chi connectivity index (χ4v) is 5.00. The summed E-state index contributed by atoms with van der Waals surface area (Å²) < 4.78 is 1.09. The Morgan fingerprint density at radius 3 is 2.69 bits per heavy atom. The predicted octanol–water partition coefficient (Wildman–Crippen LogP) is 4.35. The van der Waals surface area contributed by atoms with Crippen molar-refractivity contribution in [2.24, 2.45) is 0 Å². The minimum absolute atomic E-state index is 0.0620. The second kappa shape index (κ2) is 5.86. The number of hydrogen-bond acceptors (Lipinski definition) is 5. The average Bonchev–Trinajstić information content (AvgIpc) is 3.06. The maximum Gasteiger partial charge on any atom is 0.250 e. The van der Waals surface area contributed by atoms with Crippen LogP contribution in [0, 0.1) is 0 Å². The lowest BCUT2D eigenvalue weighted by molar-refractivity contribution is -0.121. The number of para-hydroxylation sites is 2. The summed E-state index contributed by atoms with van der Waals surface area (Å²) in [6, 6.07) is 13.6. The van der Waals surface area contributed by atoms with E-state index in [1.54, 1.807) is 11.3 Å². The molecule has 3 aromatic rings. The van der Waals surface area contributed by atoms with Gasteiger partial charge in [0.05, 0.1) is 21.6 Å². The highest BCUT2D eigenvalue weighted by Gasteiger charge is 2.44. The number of carbonyl (C=O) groups excluding carboxylic acids is 1. The molecule has 3 heterocycles. The Labute approximate surface area is 160 Å². The van der Waals surface area contributed by atoms with Crippen LogP contribution in [0.5, 0.6) is 0 Å². The van der Waals surface area contributed by atoms with E-state index in [1.165, 1.54) is 0 Å². The van der Waals surface area contributed by atoms with Crippen LogP contribution >= 0.6 is 22.9 Å². The molecule has 0 radical (unpaired) electrons. The SMILES string of the molecule is O=C1Nc2ccccc2NC12CCN(c1nc3ccc(Cl)cc3s1)CC2. The normalized spacial score (nSPS) is 18.5. The number of anilines is 3. The zero-order chi connectivity index (χ0) is 17.7. The first-order valence-corrected chi connectivity index (χ1v) is 9.82. The fraction of sp³-hybridized carbons (Fsp3) is 0.263. The van der Waals surface area contributed by atoms with Gasteiger partial charge in [0.1, 0.15) is 5.54 Å². The molecule has 26 heavy (non-hydrogen) atoms. The molecule has 5 nitrogen and oxygen atoms in total. The van der Waals surface area contributed by atoms with Gasteiger partial charge in [0.15, 0.2) is 5.13 Å². The van der Waals surface area contributed by atoms with Crippen molar-refractivity contribution in [3.8, 4) is 0 Å². The molecule has 2 aliphatic rings. The average molecular weight is 385 g/mol. The molecule has 1 saturated heterocycles. The maximum absolute atomic E-state index is 12.7. The van der Waals surface area contributed by atoms with E-state index in [2.05, 4.69) is 15.5 Å². The lowest BCUT2D eigenvalue weighted by Crippen LogP contribution is -2.58. The van der Waals surface area contributed by atoms with Gasteiger partial charge >= 0.3 is 0 Å². The third kappa shape index (κ3) is 2.52. The third-order valence-electron chi connectivity index (χ3n) is 5.21. The standard InChI is InChI=1S/C19H17ClN4OS/c20-12-5-6-15-16(11-12)26-18(22-15)24-9-7-19(8-10-24)17(25)21-13-3-1-2-4-14(13)23-19/h1-6,11,23H,7-10H2,(H,21,25). The van der Waals surface area contributed by atoms with Gasteiger partial charge in [-0.25, -0.2) is 4.98 Å². The molecule has 0 atom stereocenters. The minimum atomic E-state index is -0.537. The maximum atomic E-state index is 12.7. The molecule has 1 amide bonds. The van der Waals surface area contributed by atoms with E-state index in [9.17, 15) is 4.79 Å². The number of thiazole rings is 1. The van der Waals surface area contributed by atoms with Gasteiger partial charge in [-0.05, 0) is 43.2 Å². The number of fused-ring (bicyclic) bond motifs is 2. The van der Waals surface area contributed by atoms with Gasteiger partial charge in [0.2, 0.25) is 5.91 Å². The third-order valence-corrected chi connectivity index (χ3v) is 6.52. The Balaban J connectivity index is 1.38. The summed E-state index contributed by atoms with van der Waals surface area (Å²) in [6.07, 6.45) is 1.48. The van der Waals surface area contributed by atoms with Crippen LogP contribution in [-0.4, -0.2) is 29.5 Å². The Morgan fingerprint density at radius 2 is 1.88 bits per heavy atom. The van der Waals surface area contributed by atoms with Gasteiger partial charge in [-0.1, -0.05) is 35.1 Å². The topological polar surface area (TPSA) is 57.3 Å². The van der Waals surface area contributed by atoms with Crippen molar-refractivity contribution in [1.82, 2.24) is 4.98 Å². The number of halogens is 1. The van der Waals surface area contributed by atoms with E-state index >= 15 is 0 Å². The summed E-state index contributed by atoms with van der Waals surface area (Å²) >= 11 is 7.73. The number of hydrogen-bond donors (Lipinski definition) is 2. The molecule has 1 fully saturated rings. The number of carbonyl (C=O) groups is 1. The fourth-order valence-electron chi connectivity index (χ4n) is 3.71. The summed E-state index contributed by atoms with van der Waals surface area (Å²) in [5.74, 6) is 0.0620. The molecular formula is C19H17ClN4OS. The summed E-state index contributed by atoms with van der Waals surface area (Å²) in [5.41, 5.74) is 2.28. The largest absolute Gasteiger partial charge is 0.369 e. The first-order chi connectivity index (χ1) is 12.6. The number of rotatable bonds is 1. The van der Waals surface area contributed by atoms with Crippen molar-refractivity contribution in [1.29, 1.82) is 0 Å². The zero-order valence-electron chi connectivity index (χ0n) is 14.0. The number of aromatic nitrogens is 1. The second-order valence-corrected chi connectivity index (χ2v) is 8.25. The van der Waals surface area contributed by atoms with Gasteiger partial charge in [-0.3, -0.25) is 4.79 Å².